The summed E-state index contributed by atoms with van der Waals surface area (Å²) in [7, 11) is 1.81. The van der Waals surface area contributed by atoms with E-state index in [2.05, 4.69) is 4.90 Å². The third-order valence-corrected chi connectivity index (χ3v) is 7.83. The SMILES string of the molecule is CCN(C)C(=O)CC1=CSC2=NC(C)=C(C(=O)N(CC)CC)C(c3cccc(OCc4ccccc4)c3)N12. The molecule has 0 aromatic heterocycles. The lowest BCUT2D eigenvalue weighted by Crippen LogP contribution is -2.42. The number of fused-ring (bicyclic) bond motifs is 1. The number of hydrogen-bond donors (Lipinski definition) is 0. The molecule has 38 heavy (non-hydrogen) atoms. The summed E-state index contributed by atoms with van der Waals surface area (Å²) in [6.45, 7) is 10.1. The zero-order chi connectivity index (χ0) is 27.2. The van der Waals surface area contributed by atoms with Crippen molar-refractivity contribution in [3.63, 3.8) is 0 Å². The summed E-state index contributed by atoms with van der Waals surface area (Å²) < 4.78 is 6.14. The molecule has 2 aromatic rings. The number of aliphatic imine (C=N–C) groups is 1. The minimum atomic E-state index is -0.420. The number of ether oxygens (including phenoxy) is 1. The van der Waals surface area contributed by atoms with E-state index in [9.17, 15) is 9.59 Å². The van der Waals surface area contributed by atoms with E-state index in [1.165, 1.54) is 11.8 Å². The molecule has 0 saturated heterocycles. The Morgan fingerprint density at radius 3 is 2.45 bits per heavy atom. The fraction of sp³-hybridized carbons (Fsp3) is 0.367. The molecule has 0 radical (unpaired) electrons. The van der Waals surface area contributed by atoms with Gasteiger partial charge in [0.05, 0.1) is 23.7 Å². The van der Waals surface area contributed by atoms with Crippen LogP contribution in [0.2, 0.25) is 0 Å². The number of nitrogens with zero attached hydrogens (tertiary/aromatic N) is 4. The third kappa shape index (κ3) is 5.80. The lowest BCUT2D eigenvalue weighted by molar-refractivity contribution is -0.129. The highest BCUT2D eigenvalue weighted by Gasteiger charge is 2.41. The number of carbonyl (C=O) groups is 2. The van der Waals surface area contributed by atoms with Crippen molar-refractivity contribution in [2.24, 2.45) is 4.99 Å². The molecular weight excluding hydrogens is 496 g/mol. The fourth-order valence-corrected chi connectivity index (χ4v) is 5.59. The molecule has 2 aliphatic heterocycles. The number of rotatable bonds is 10. The highest BCUT2D eigenvalue weighted by atomic mass is 32.2. The van der Waals surface area contributed by atoms with Crippen molar-refractivity contribution < 1.29 is 14.3 Å². The number of likely N-dealkylation sites (N-methyl/N-ethyl adjacent to an activating group) is 1. The van der Waals surface area contributed by atoms with Crippen LogP contribution in [0.1, 0.15) is 51.3 Å². The molecule has 0 fully saturated rings. The van der Waals surface area contributed by atoms with E-state index in [-0.39, 0.29) is 18.2 Å². The van der Waals surface area contributed by atoms with Gasteiger partial charge in [0.25, 0.3) is 5.91 Å². The predicted octanol–water partition coefficient (Wildman–Crippen LogP) is 5.58. The molecule has 1 atom stereocenters. The van der Waals surface area contributed by atoms with Gasteiger partial charge < -0.3 is 19.4 Å². The molecule has 0 N–H and O–H groups in total. The summed E-state index contributed by atoms with van der Waals surface area (Å²) in [6, 6.07) is 17.5. The Hall–Kier alpha value is -3.52. The van der Waals surface area contributed by atoms with Crippen LogP contribution in [0.5, 0.6) is 5.75 Å². The van der Waals surface area contributed by atoms with E-state index in [0.717, 1.165) is 27.7 Å². The number of amides is 2. The molecule has 2 heterocycles. The van der Waals surface area contributed by atoms with Gasteiger partial charge in [0.2, 0.25) is 5.91 Å². The van der Waals surface area contributed by atoms with Gasteiger partial charge in [-0.15, -0.1) is 0 Å². The van der Waals surface area contributed by atoms with Gasteiger partial charge >= 0.3 is 0 Å². The maximum Gasteiger partial charge on any atom is 0.254 e. The number of carbonyl (C=O) groups excluding carboxylic acids is 2. The molecule has 7 nitrogen and oxygen atoms in total. The summed E-state index contributed by atoms with van der Waals surface area (Å²) in [6.07, 6.45) is 0.239. The van der Waals surface area contributed by atoms with Gasteiger partial charge in [-0.1, -0.05) is 54.2 Å². The fourth-order valence-electron chi connectivity index (χ4n) is 4.62. The second-order valence-corrected chi connectivity index (χ2v) is 10.1. The van der Waals surface area contributed by atoms with Crippen LogP contribution < -0.4 is 4.74 Å². The molecule has 0 spiro atoms. The molecule has 0 bridgehead atoms. The molecule has 0 saturated carbocycles. The van der Waals surface area contributed by atoms with Crippen LogP contribution in [0.4, 0.5) is 0 Å². The predicted molar refractivity (Wildman–Crippen MR) is 153 cm³/mol. The zero-order valence-corrected chi connectivity index (χ0v) is 23.6. The van der Waals surface area contributed by atoms with Crippen molar-refractivity contribution in [3.8, 4) is 5.75 Å². The molecule has 4 rings (SSSR count). The van der Waals surface area contributed by atoms with Crippen LogP contribution in [0.3, 0.4) is 0 Å². The first kappa shape index (κ1) is 27.5. The largest absolute Gasteiger partial charge is 0.489 e. The smallest absolute Gasteiger partial charge is 0.254 e. The average molecular weight is 533 g/mol. The summed E-state index contributed by atoms with van der Waals surface area (Å²) >= 11 is 1.50. The first-order chi connectivity index (χ1) is 18.4. The molecule has 1 unspecified atom stereocenters. The molecule has 2 aromatic carbocycles. The molecule has 2 amide bonds. The molecule has 2 aliphatic rings. The van der Waals surface area contributed by atoms with Gasteiger partial charge in [-0.25, -0.2) is 4.99 Å². The number of thioether (sulfide) groups is 1. The van der Waals surface area contributed by atoms with Crippen molar-refractivity contribution in [2.75, 3.05) is 26.7 Å². The van der Waals surface area contributed by atoms with Gasteiger partial charge in [-0.3, -0.25) is 9.59 Å². The monoisotopic (exact) mass is 532 g/mol. The summed E-state index contributed by atoms with van der Waals surface area (Å²) in [5, 5.41) is 2.77. The van der Waals surface area contributed by atoms with Crippen LogP contribution in [0.25, 0.3) is 0 Å². The van der Waals surface area contributed by atoms with E-state index in [4.69, 9.17) is 9.73 Å². The Bertz CT molecular complexity index is 1270. The molecule has 0 aliphatic carbocycles. The first-order valence-electron chi connectivity index (χ1n) is 13.1. The van der Waals surface area contributed by atoms with E-state index >= 15 is 0 Å². The summed E-state index contributed by atoms with van der Waals surface area (Å²) in [4.78, 5) is 37.2. The van der Waals surface area contributed by atoms with Crippen LogP contribution in [-0.2, 0) is 16.2 Å². The minimum Gasteiger partial charge on any atom is -0.489 e. The van der Waals surface area contributed by atoms with Gasteiger partial charge in [0.15, 0.2) is 5.17 Å². The lowest BCUT2D eigenvalue weighted by atomic mass is 9.92. The van der Waals surface area contributed by atoms with E-state index in [0.29, 0.717) is 37.5 Å². The van der Waals surface area contributed by atoms with Gasteiger partial charge in [-0.2, -0.15) is 0 Å². The van der Waals surface area contributed by atoms with E-state index in [1.54, 1.807) is 11.9 Å². The Morgan fingerprint density at radius 2 is 1.76 bits per heavy atom. The van der Waals surface area contributed by atoms with E-state index in [1.807, 2.05) is 92.6 Å². The Balaban J connectivity index is 1.73. The maximum atomic E-state index is 13.9. The molecule has 8 heteroatoms. The second kappa shape index (κ2) is 12.3. The quantitative estimate of drug-likeness (QED) is 0.400. The van der Waals surface area contributed by atoms with Gasteiger partial charge in [0.1, 0.15) is 12.4 Å². The third-order valence-electron chi connectivity index (χ3n) is 6.94. The van der Waals surface area contributed by atoms with Gasteiger partial charge in [-0.05, 0) is 56.4 Å². The van der Waals surface area contributed by atoms with Crippen LogP contribution in [0.15, 0.2) is 82.0 Å². The van der Waals surface area contributed by atoms with Crippen LogP contribution >= 0.6 is 11.8 Å². The van der Waals surface area contributed by atoms with Crippen molar-refractivity contribution in [3.05, 3.63) is 88.1 Å². The average Bonchev–Trinajstić information content (AvgIpc) is 3.33. The topological polar surface area (TPSA) is 65.5 Å². The zero-order valence-electron chi connectivity index (χ0n) is 22.8. The molecular formula is C30H36N4O3S. The molecule has 200 valence electrons. The highest BCUT2D eigenvalue weighted by Crippen LogP contribution is 2.45. The number of benzene rings is 2. The number of allylic oxidation sites excluding steroid dienone is 1. The first-order valence-corrected chi connectivity index (χ1v) is 14.0. The van der Waals surface area contributed by atoms with Crippen molar-refractivity contribution in [1.82, 2.24) is 14.7 Å². The maximum absolute atomic E-state index is 13.9. The normalized spacial score (nSPS) is 16.6. The summed E-state index contributed by atoms with van der Waals surface area (Å²) in [5.41, 5.74) is 4.17. The Kier molecular flexibility index (Phi) is 8.94. The van der Waals surface area contributed by atoms with Crippen molar-refractivity contribution in [1.29, 1.82) is 0 Å². The van der Waals surface area contributed by atoms with Crippen molar-refractivity contribution in [2.45, 2.75) is 46.8 Å². The van der Waals surface area contributed by atoms with Crippen molar-refractivity contribution >= 4 is 28.7 Å². The number of amidine groups is 1. The standard InChI is InChI=1S/C30H36N4O3S/c1-6-32(5)26(35)18-24-20-38-30-31-21(4)27(29(36)33(7-2)8-3)28(34(24)30)23-15-12-16-25(17-23)37-19-22-13-10-9-11-14-22/h9-17,20,28H,6-8,18-19H2,1-5H3. The Labute approximate surface area is 229 Å². The lowest BCUT2D eigenvalue weighted by Gasteiger charge is -2.38. The van der Waals surface area contributed by atoms with Crippen LogP contribution in [-0.4, -0.2) is 58.4 Å². The highest BCUT2D eigenvalue weighted by molar-refractivity contribution is 8.16. The van der Waals surface area contributed by atoms with Crippen LogP contribution in [0, 0.1) is 0 Å². The van der Waals surface area contributed by atoms with E-state index < -0.39 is 6.04 Å². The number of hydrogen-bond acceptors (Lipinski definition) is 6. The minimum absolute atomic E-state index is 0.0298. The summed E-state index contributed by atoms with van der Waals surface area (Å²) in [5.74, 6) is 0.716. The Morgan fingerprint density at radius 1 is 1.03 bits per heavy atom. The second-order valence-electron chi connectivity index (χ2n) is 9.30. The van der Waals surface area contributed by atoms with Gasteiger partial charge in [0, 0.05) is 32.4 Å².